The topological polar surface area (TPSA) is 68.3 Å². The summed E-state index contributed by atoms with van der Waals surface area (Å²) in [5.41, 5.74) is 6.58. The van der Waals surface area contributed by atoms with Gasteiger partial charge in [-0.25, -0.2) is 0 Å². The average molecular weight is 416 g/mol. The Morgan fingerprint density at radius 2 is 2.14 bits per heavy atom. The van der Waals surface area contributed by atoms with Crippen molar-refractivity contribution in [3.05, 3.63) is 26.8 Å². The molecule has 4 nitrogen and oxygen atoms in total. The Hall–Kier alpha value is -1.33. The quantitative estimate of drug-likeness (QED) is 0.318. The first-order valence-electron chi connectivity index (χ1n) is 6.54. The van der Waals surface area contributed by atoms with Crippen LogP contribution in [0.15, 0.2) is 17.7 Å². The monoisotopic (exact) mass is 416 g/mol. The molecule has 0 aliphatic rings. The molecule has 0 saturated carbocycles. The highest BCUT2D eigenvalue weighted by Gasteiger charge is 2.12. The SMILES string of the molecule is CCCOc1c(I)cc(C=C(C#N)C(N)=S)cc1OCC. The summed E-state index contributed by atoms with van der Waals surface area (Å²) in [6.07, 6.45) is 2.57. The van der Waals surface area contributed by atoms with Gasteiger partial charge in [0.25, 0.3) is 0 Å². The van der Waals surface area contributed by atoms with E-state index in [1.807, 2.05) is 32.0 Å². The van der Waals surface area contributed by atoms with Crippen molar-refractivity contribution in [1.82, 2.24) is 0 Å². The van der Waals surface area contributed by atoms with Gasteiger partial charge in [-0.05, 0) is 59.7 Å². The van der Waals surface area contributed by atoms with Crippen LogP contribution in [0.5, 0.6) is 11.5 Å². The number of hydrogen-bond donors (Lipinski definition) is 1. The Bertz CT molecular complexity index is 594. The number of benzene rings is 1. The second-order valence-corrected chi connectivity index (χ2v) is 5.75. The van der Waals surface area contributed by atoms with E-state index < -0.39 is 0 Å². The fraction of sp³-hybridized carbons (Fsp3) is 0.333. The van der Waals surface area contributed by atoms with Gasteiger partial charge in [0.05, 0.1) is 22.4 Å². The van der Waals surface area contributed by atoms with Crippen LogP contribution in [0.25, 0.3) is 6.08 Å². The van der Waals surface area contributed by atoms with Crippen LogP contribution in [0.3, 0.4) is 0 Å². The van der Waals surface area contributed by atoms with Crippen molar-refractivity contribution in [2.24, 2.45) is 5.73 Å². The number of nitriles is 1. The predicted molar refractivity (Wildman–Crippen MR) is 96.5 cm³/mol. The Kier molecular flexibility index (Phi) is 7.47. The van der Waals surface area contributed by atoms with E-state index in [0.717, 1.165) is 21.3 Å². The molecule has 0 bridgehead atoms. The fourth-order valence-corrected chi connectivity index (χ4v) is 2.49. The van der Waals surface area contributed by atoms with Gasteiger partial charge in [-0.3, -0.25) is 0 Å². The van der Waals surface area contributed by atoms with Crippen LogP contribution >= 0.6 is 34.8 Å². The zero-order valence-electron chi connectivity index (χ0n) is 12.0. The zero-order valence-corrected chi connectivity index (χ0v) is 15.0. The lowest BCUT2D eigenvalue weighted by Gasteiger charge is -2.14. The summed E-state index contributed by atoms with van der Waals surface area (Å²) in [5, 5.41) is 9.03. The second-order valence-electron chi connectivity index (χ2n) is 4.15. The van der Waals surface area contributed by atoms with Crippen LogP contribution in [-0.2, 0) is 0 Å². The summed E-state index contributed by atoms with van der Waals surface area (Å²) >= 11 is 7.03. The molecule has 0 atom stereocenters. The summed E-state index contributed by atoms with van der Waals surface area (Å²) < 4.78 is 12.3. The Balaban J connectivity index is 3.26. The molecule has 0 saturated heterocycles. The molecule has 1 aromatic rings. The largest absolute Gasteiger partial charge is 0.490 e. The van der Waals surface area contributed by atoms with Gasteiger partial charge in [-0.1, -0.05) is 19.1 Å². The van der Waals surface area contributed by atoms with Crippen LogP contribution in [0.4, 0.5) is 0 Å². The minimum absolute atomic E-state index is 0.0803. The van der Waals surface area contributed by atoms with E-state index in [9.17, 15) is 0 Å². The van der Waals surface area contributed by atoms with Gasteiger partial charge in [0, 0.05) is 0 Å². The molecule has 0 aromatic heterocycles. The van der Waals surface area contributed by atoms with E-state index in [0.29, 0.717) is 19.0 Å². The zero-order chi connectivity index (χ0) is 15.8. The van der Waals surface area contributed by atoms with Gasteiger partial charge >= 0.3 is 0 Å². The van der Waals surface area contributed by atoms with Crippen molar-refractivity contribution in [3.8, 4) is 17.6 Å². The second kappa shape index (κ2) is 8.85. The lowest BCUT2D eigenvalue weighted by molar-refractivity contribution is 0.275. The third kappa shape index (κ3) is 5.17. The number of ether oxygens (including phenoxy) is 2. The highest BCUT2D eigenvalue weighted by molar-refractivity contribution is 14.1. The third-order valence-electron chi connectivity index (χ3n) is 2.48. The van der Waals surface area contributed by atoms with Crippen molar-refractivity contribution in [2.45, 2.75) is 20.3 Å². The molecule has 2 N–H and O–H groups in total. The molecule has 0 spiro atoms. The molecule has 0 amide bonds. The number of nitrogens with two attached hydrogens (primary N) is 1. The molecule has 112 valence electrons. The lowest BCUT2D eigenvalue weighted by Crippen LogP contribution is -2.09. The maximum atomic E-state index is 9.03. The van der Waals surface area contributed by atoms with E-state index in [-0.39, 0.29) is 10.6 Å². The minimum Gasteiger partial charge on any atom is -0.490 e. The third-order valence-corrected chi connectivity index (χ3v) is 3.50. The molecule has 1 aromatic carbocycles. The van der Waals surface area contributed by atoms with Crippen molar-refractivity contribution in [3.63, 3.8) is 0 Å². The van der Waals surface area contributed by atoms with Gasteiger partial charge in [0.15, 0.2) is 11.5 Å². The summed E-state index contributed by atoms with van der Waals surface area (Å²) in [5.74, 6) is 1.38. The molecule has 1 rings (SSSR count). The molecule has 0 aliphatic carbocycles. The number of halogens is 1. The van der Waals surface area contributed by atoms with Crippen molar-refractivity contribution in [1.29, 1.82) is 5.26 Å². The first-order chi connectivity index (χ1) is 10.0. The number of thiocarbonyl (C=S) groups is 1. The van der Waals surface area contributed by atoms with E-state index >= 15 is 0 Å². The molecule has 0 radical (unpaired) electrons. The predicted octanol–water partition coefficient (Wildman–Crippen LogP) is 3.67. The molecule has 0 heterocycles. The number of nitrogens with zero attached hydrogens (tertiary/aromatic N) is 1. The molecule has 21 heavy (non-hydrogen) atoms. The van der Waals surface area contributed by atoms with Crippen LogP contribution in [0.1, 0.15) is 25.8 Å². The van der Waals surface area contributed by atoms with Gasteiger partial charge < -0.3 is 15.2 Å². The summed E-state index contributed by atoms with van der Waals surface area (Å²) in [6, 6.07) is 5.72. The summed E-state index contributed by atoms with van der Waals surface area (Å²) in [4.78, 5) is 0.0803. The summed E-state index contributed by atoms with van der Waals surface area (Å²) in [6.45, 7) is 5.12. The molecular formula is C15H17IN2O2S. The van der Waals surface area contributed by atoms with E-state index in [2.05, 4.69) is 22.6 Å². The highest BCUT2D eigenvalue weighted by Crippen LogP contribution is 2.35. The van der Waals surface area contributed by atoms with Crippen LogP contribution < -0.4 is 15.2 Å². The Labute approximate surface area is 144 Å². The standard InChI is InChI=1S/C15H17IN2O2S/c1-3-5-20-14-12(16)7-10(8-13(14)19-4-2)6-11(9-17)15(18)21/h6-8H,3-5H2,1-2H3,(H2,18,21). The highest BCUT2D eigenvalue weighted by atomic mass is 127. The Morgan fingerprint density at radius 1 is 1.43 bits per heavy atom. The first kappa shape index (κ1) is 17.7. The number of rotatable bonds is 7. The first-order valence-corrected chi connectivity index (χ1v) is 8.02. The van der Waals surface area contributed by atoms with Crippen molar-refractivity contribution in [2.75, 3.05) is 13.2 Å². The fourth-order valence-electron chi connectivity index (χ4n) is 1.60. The molecular weight excluding hydrogens is 399 g/mol. The van der Waals surface area contributed by atoms with E-state index in [1.54, 1.807) is 6.08 Å². The maximum absolute atomic E-state index is 9.03. The normalized spacial score (nSPS) is 10.9. The minimum atomic E-state index is 0.0803. The number of hydrogen-bond acceptors (Lipinski definition) is 4. The molecule has 6 heteroatoms. The molecule has 0 aliphatic heterocycles. The van der Waals surface area contributed by atoms with Crippen molar-refractivity contribution >= 4 is 45.9 Å². The molecule has 0 unspecified atom stereocenters. The summed E-state index contributed by atoms with van der Waals surface area (Å²) in [7, 11) is 0. The van der Waals surface area contributed by atoms with Gasteiger partial charge in [-0.2, -0.15) is 5.26 Å². The smallest absolute Gasteiger partial charge is 0.174 e. The lowest BCUT2D eigenvalue weighted by atomic mass is 10.1. The van der Waals surface area contributed by atoms with Crippen molar-refractivity contribution < 1.29 is 9.47 Å². The van der Waals surface area contributed by atoms with Crippen LogP contribution in [0, 0.1) is 14.9 Å². The van der Waals surface area contributed by atoms with Gasteiger partial charge in [-0.15, -0.1) is 0 Å². The van der Waals surface area contributed by atoms with Crippen LogP contribution in [-0.4, -0.2) is 18.2 Å². The Morgan fingerprint density at radius 3 is 2.67 bits per heavy atom. The molecule has 0 fully saturated rings. The van der Waals surface area contributed by atoms with Gasteiger partial charge in [0.2, 0.25) is 0 Å². The maximum Gasteiger partial charge on any atom is 0.174 e. The average Bonchev–Trinajstić information content (AvgIpc) is 2.44. The van der Waals surface area contributed by atoms with Gasteiger partial charge in [0.1, 0.15) is 11.1 Å². The van der Waals surface area contributed by atoms with E-state index in [4.69, 9.17) is 32.7 Å². The van der Waals surface area contributed by atoms with Crippen LogP contribution in [0.2, 0.25) is 0 Å². The van der Waals surface area contributed by atoms with E-state index in [1.165, 1.54) is 0 Å².